The van der Waals surface area contributed by atoms with Crippen molar-refractivity contribution in [1.29, 1.82) is 0 Å². The summed E-state index contributed by atoms with van der Waals surface area (Å²) in [5.74, 6) is 0.0790. The lowest BCUT2D eigenvalue weighted by Gasteiger charge is -2.13. The van der Waals surface area contributed by atoms with Gasteiger partial charge < -0.3 is 15.1 Å². The van der Waals surface area contributed by atoms with Gasteiger partial charge >= 0.3 is 0 Å². The summed E-state index contributed by atoms with van der Waals surface area (Å²) in [6.07, 6.45) is 3.98. The fourth-order valence-electron chi connectivity index (χ4n) is 2.08. The zero-order chi connectivity index (χ0) is 13.2. The summed E-state index contributed by atoms with van der Waals surface area (Å²) in [7, 11) is 0. The molecule has 1 heterocycles. The Labute approximate surface area is 112 Å². The van der Waals surface area contributed by atoms with Crippen LogP contribution in [0.2, 0.25) is 0 Å². The summed E-state index contributed by atoms with van der Waals surface area (Å²) in [5.41, 5.74) is 1.97. The molecule has 0 saturated heterocycles. The Balaban J connectivity index is 1.60. The summed E-state index contributed by atoms with van der Waals surface area (Å²) in [5, 5.41) is 7.34. The van der Waals surface area contributed by atoms with Crippen LogP contribution in [0.25, 0.3) is 11.0 Å². The van der Waals surface area contributed by atoms with Crippen LogP contribution in [-0.4, -0.2) is 18.0 Å². The molecule has 3 rings (SSSR count). The quantitative estimate of drug-likeness (QED) is 0.864. The molecule has 1 atom stereocenters. The first-order valence-electron chi connectivity index (χ1n) is 6.73. The number of furan rings is 1. The van der Waals surface area contributed by atoms with E-state index < -0.39 is 0 Å². The molecule has 0 spiro atoms. The van der Waals surface area contributed by atoms with Crippen LogP contribution >= 0.6 is 0 Å². The first-order valence-corrected chi connectivity index (χ1v) is 6.73. The van der Waals surface area contributed by atoms with Crippen LogP contribution < -0.4 is 10.6 Å². The zero-order valence-electron chi connectivity index (χ0n) is 11.0. The van der Waals surface area contributed by atoms with Crippen LogP contribution in [-0.2, 0) is 11.3 Å². The van der Waals surface area contributed by atoms with Gasteiger partial charge in [-0.1, -0.05) is 18.2 Å². The molecule has 2 N–H and O–H groups in total. The first kappa shape index (κ1) is 12.2. The lowest BCUT2D eigenvalue weighted by Crippen LogP contribution is -2.42. The Morgan fingerprint density at radius 2 is 2.21 bits per heavy atom. The Morgan fingerprint density at radius 1 is 1.42 bits per heavy atom. The number of rotatable bonds is 5. The average Bonchev–Trinajstić information content (AvgIpc) is 3.14. The van der Waals surface area contributed by atoms with E-state index in [1.54, 1.807) is 6.26 Å². The van der Waals surface area contributed by atoms with Crippen molar-refractivity contribution in [3.63, 3.8) is 0 Å². The third kappa shape index (κ3) is 2.79. The molecule has 0 radical (unpaired) electrons. The normalized spacial score (nSPS) is 16.5. The standard InChI is InChI=1S/C15H18N2O2/c1-10(15(18)17-12-6-7-12)16-8-11-9-19-14-5-3-2-4-13(11)14/h2-5,9-10,12,16H,6-8H2,1H3,(H,17,18). The highest BCUT2D eigenvalue weighted by atomic mass is 16.3. The number of benzene rings is 1. The summed E-state index contributed by atoms with van der Waals surface area (Å²) in [6.45, 7) is 2.52. The van der Waals surface area contributed by atoms with Crippen LogP contribution in [0.3, 0.4) is 0 Å². The van der Waals surface area contributed by atoms with Gasteiger partial charge in [-0.25, -0.2) is 0 Å². The maximum atomic E-state index is 11.8. The van der Waals surface area contributed by atoms with Crippen molar-refractivity contribution >= 4 is 16.9 Å². The minimum Gasteiger partial charge on any atom is -0.464 e. The molecule has 1 aliphatic carbocycles. The second-order valence-corrected chi connectivity index (χ2v) is 5.14. The Hall–Kier alpha value is -1.81. The smallest absolute Gasteiger partial charge is 0.237 e. The van der Waals surface area contributed by atoms with Gasteiger partial charge in [0, 0.05) is 23.5 Å². The van der Waals surface area contributed by atoms with E-state index in [2.05, 4.69) is 10.6 Å². The molecule has 0 bridgehead atoms. The summed E-state index contributed by atoms with van der Waals surface area (Å²) < 4.78 is 5.48. The molecule has 0 aliphatic heterocycles. The highest BCUT2D eigenvalue weighted by molar-refractivity contribution is 5.82. The molecular weight excluding hydrogens is 240 g/mol. The van der Waals surface area contributed by atoms with E-state index in [4.69, 9.17) is 4.42 Å². The van der Waals surface area contributed by atoms with Gasteiger partial charge in [-0.05, 0) is 25.8 Å². The number of para-hydroxylation sites is 1. The second kappa shape index (κ2) is 5.05. The van der Waals surface area contributed by atoms with E-state index in [-0.39, 0.29) is 11.9 Å². The number of fused-ring (bicyclic) bond motifs is 1. The topological polar surface area (TPSA) is 54.3 Å². The molecule has 1 aromatic carbocycles. The number of nitrogens with one attached hydrogen (secondary N) is 2. The predicted octanol–water partition coefficient (Wildman–Crippen LogP) is 2.19. The van der Waals surface area contributed by atoms with Crippen molar-refractivity contribution in [2.45, 2.75) is 38.4 Å². The lowest BCUT2D eigenvalue weighted by molar-refractivity contribution is -0.122. The highest BCUT2D eigenvalue weighted by Gasteiger charge is 2.25. The molecule has 19 heavy (non-hydrogen) atoms. The van der Waals surface area contributed by atoms with Crippen LogP contribution in [0.15, 0.2) is 34.9 Å². The monoisotopic (exact) mass is 258 g/mol. The third-order valence-corrected chi connectivity index (χ3v) is 3.48. The van der Waals surface area contributed by atoms with Crippen molar-refractivity contribution in [1.82, 2.24) is 10.6 Å². The van der Waals surface area contributed by atoms with Gasteiger partial charge in [0.15, 0.2) is 0 Å². The SMILES string of the molecule is CC(NCc1coc2ccccc12)C(=O)NC1CC1. The van der Waals surface area contributed by atoms with E-state index in [9.17, 15) is 4.79 Å². The van der Waals surface area contributed by atoms with Crippen LogP contribution in [0.1, 0.15) is 25.3 Å². The van der Waals surface area contributed by atoms with E-state index >= 15 is 0 Å². The van der Waals surface area contributed by atoms with E-state index in [0.29, 0.717) is 12.6 Å². The molecule has 1 amide bonds. The number of hydrogen-bond donors (Lipinski definition) is 2. The Morgan fingerprint density at radius 3 is 3.00 bits per heavy atom. The maximum Gasteiger partial charge on any atom is 0.237 e. The first-order chi connectivity index (χ1) is 9.24. The van der Waals surface area contributed by atoms with Gasteiger partial charge in [0.25, 0.3) is 0 Å². The number of amides is 1. The summed E-state index contributed by atoms with van der Waals surface area (Å²) in [6, 6.07) is 8.15. The molecular formula is C15H18N2O2. The van der Waals surface area contributed by atoms with Crippen LogP contribution in [0.5, 0.6) is 0 Å². The van der Waals surface area contributed by atoms with Gasteiger partial charge in [-0.15, -0.1) is 0 Å². The number of carbonyl (C=O) groups excluding carboxylic acids is 1. The Kier molecular flexibility index (Phi) is 3.25. The molecule has 1 aromatic heterocycles. The molecule has 100 valence electrons. The van der Waals surface area contributed by atoms with Crippen LogP contribution in [0.4, 0.5) is 0 Å². The maximum absolute atomic E-state index is 11.8. The largest absolute Gasteiger partial charge is 0.464 e. The highest BCUT2D eigenvalue weighted by Crippen LogP contribution is 2.21. The molecule has 1 unspecified atom stereocenters. The van der Waals surface area contributed by atoms with E-state index in [1.165, 1.54) is 0 Å². The molecule has 4 heteroatoms. The van der Waals surface area contributed by atoms with Gasteiger partial charge in [-0.2, -0.15) is 0 Å². The molecule has 1 fully saturated rings. The van der Waals surface area contributed by atoms with Gasteiger partial charge in [-0.3, -0.25) is 4.79 Å². The van der Waals surface area contributed by atoms with Gasteiger partial charge in [0.2, 0.25) is 5.91 Å². The molecule has 4 nitrogen and oxygen atoms in total. The van der Waals surface area contributed by atoms with Crippen molar-refractivity contribution < 1.29 is 9.21 Å². The lowest BCUT2D eigenvalue weighted by atomic mass is 10.1. The van der Waals surface area contributed by atoms with Crippen molar-refractivity contribution in [2.75, 3.05) is 0 Å². The molecule has 1 saturated carbocycles. The van der Waals surface area contributed by atoms with Gasteiger partial charge in [0.1, 0.15) is 5.58 Å². The second-order valence-electron chi connectivity index (χ2n) is 5.14. The van der Waals surface area contributed by atoms with Crippen molar-refractivity contribution in [3.8, 4) is 0 Å². The molecule has 2 aromatic rings. The average molecular weight is 258 g/mol. The van der Waals surface area contributed by atoms with Gasteiger partial charge in [0.05, 0.1) is 12.3 Å². The van der Waals surface area contributed by atoms with E-state index in [0.717, 1.165) is 29.4 Å². The van der Waals surface area contributed by atoms with E-state index in [1.807, 2.05) is 31.2 Å². The predicted molar refractivity (Wildman–Crippen MR) is 73.7 cm³/mol. The van der Waals surface area contributed by atoms with Crippen molar-refractivity contribution in [2.24, 2.45) is 0 Å². The fourth-order valence-corrected chi connectivity index (χ4v) is 2.08. The van der Waals surface area contributed by atoms with Crippen molar-refractivity contribution in [3.05, 3.63) is 36.1 Å². The number of carbonyl (C=O) groups is 1. The fraction of sp³-hybridized carbons (Fsp3) is 0.400. The number of hydrogen-bond acceptors (Lipinski definition) is 3. The third-order valence-electron chi connectivity index (χ3n) is 3.48. The summed E-state index contributed by atoms with van der Waals surface area (Å²) >= 11 is 0. The minimum atomic E-state index is -0.186. The minimum absolute atomic E-state index is 0.0790. The molecule has 1 aliphatic rings. The zero-order valence-corrected chi connectivity index (χ0v) is 11.0. The Bertz CT molecular complexity index is 587. The summed E-state index contributed by atoms with van der Waals surface area (Å²) in [4.78, 5) is 11.8. The van der Waals surface area contributed by atoms with Crippen LogP contribution in [0, 0.1) is 0 Å².